The molecule has 2 aromatic rings. The maximum Gasteiger partial charge on any atom is 0.410 e. The Hall–Kier alpha value is -5.06. The Morgan fingerprint density at radius 2 is 1.08 bits per heavy atom. The molecule has 7 heterocycles. The number of rotatable bonds is 20. The van der Waals surface area contributed by atoms with Crippen molar-refractivity contribution in [1.82, 2.24) is 26.2 Å². The van der Waals surface area contributed by atoms with E-state index in [9.17, 15) is 75.3 Å². The van der Waals surface area contributed by atoms with E-state index in [4.69, 9.17) is 84.5 Å². The molecule has 7 saturated heterocycles. The fraction of sp³-hybridized carbons (Fsp3) is 0.750. The standard InChI is InChI=1S/C39H52N4O16.C25H47N5O12.B4/c1-18-13-23-32(33-26(43(2)39(51)58-33)35(54-23)59-36-30(48)28(46)25(40)24(15-44)55-36)57-34(18)56-31-22(42-38(50)53-17-20-11-7-4-8-12-20)14-21(27(45)29(31)47)41-37(49)52-16-19-9-5-3-6-10-19;1-3-4-13(32)30-14-12(7-31)39-25(20(37)17(14)34)42-24-15(29-2)18(35)22-11(38-24)6-10(28)23(41-22)40-21-9(27)5-8(26)16(33)19(21)36;1-4(2)3/h3-12,18,21-36,44-48H,13-17,40H2,1-2H3,(H,41,49)(H,42,50);8-12,14-25,29,31,33-37H,3-7,26-28H2,1-2H3,(H,30,32);/t18?,21-,22?,23+,24?,25-,26?,27?,28+,29-,30?,31-,32?,33?,34+,35?,36-;8-,9?,10?,11+,12?,14-,15?,16?,17+,18?,19-,20?,21-,22?,23+,24?,25-;/m11./s1. The van der Waals surface area contributed by atoms with Crippen LogP contribution in [-0.2, 0) is 79.6 Å². The zero-order valence-electron chi connectivity index (χ0n) is 58.4. The molecule has 23 N–H and O–H groups in total. The zero-order chi connectivity index (χ0) is 76.4. The van der Waals surface area contributed by atoms with Crippen molar-refractivity contribution in [3.05, 3.63) is 71.8 Å². The first-order valence-electron chi connectivity index (χ1n) is 35.0. The number of nitrogens with two attached hydrogens (primary N) is 4. The highest BCUT2D eigenvalue weighted by Gasteiger charge is 2.62. The summed E-state index contributed by atoms with van der Waals surface area (Å²) in [5, 5.41) is 128. The number of benzene rings is 2. The van der Waals surface area contributed by atoms with Crippen molar-refractivity contribution >= 4 is 53.8 Å². The molecule has 2 saturated carbocycles. The van der Waals surface area contributed by atoms with Crippen molar-refractivity contribution in [2.75, 3.05) is 27.3 Å². The number of hydrogen-bond donors (Lipinski definition) is 19. The van der Waals surface area contributed by atoms with Gasteiger partial charge in [-0.15, -0.1) is 0 Å². The second-order valence-corrected chi connectivity index (χ2v) is 27.7. The van der Waals surface area contributed by atoms with Gasteiger partial charge in [-0.25, -0.2) is 14.4 Å². The van der Waals surface area contributed by atoms with E-state index in [1.807, 2.05) is 19.1 Å². The number of carbonyl (C=O) groups is 4. The van der Waals surface area contributed by atoms with Crippen LogP contribution in [0.1, 0.15) is 63.5 Å². The first-order valence-corrected chi connectivity index (χ1v) is 35.0. The Balaban J connectivity index is 0.000000244. The van der Waals surface area contributed by atoms with Gasteiger partial charge in [-0.2, -0.15) is 0 Å². The summed E-state index contributed by atoms with van der Waals surface area (Å²) in [4.78, 5) is 52.3. The van der Waals surface area contributed by atoms with Gasteiger partial charge in [0, 0.05) is 61.1 Å². The number of amides is 4. The van der Waals surface area contributed by atoms with Gasteiger partial charge in [0.05, 0.1) is 67.8 Å². The molecule has 0 spiro atoms. The summed E-state index contributed by atoms with van der Waals surface area (Å²) in [6, 6.07) is 9.57. The third-order valence-electron chi connectivity index (χ3n) is 20.0. The molecule has 34 atom stereocenters. The van der Waals surface area contributed by atoms with E-state index in [-0.39, 0.29) is 51.2 Å². The summed E-state index contributed by atoms with van der Waals surface area (Å²) in [6.45, 7) is 2.35. The predicted octanol–water partition coefficient (Wildman–Crippen LogP) is -8.35. The van der Waals surface area contributed by atoms with Crippen LogP contribution >= 0.6 is 0 Å². The summed E-state index contributed by atoms with van der Waals surface area (Å²) < 4.78 is 77.0. The number of aliphatic hydroxyl groups is 11. The maximum absolute atomic E-state index is 13.2. The molecular formula is C64H99B4N9O28. The van der Waals surface area contributed by atoms with E-state index in [0.29, 0.717) is 6.42 Å². The number of nitrogens with zero attached hydrogens (tertiary/aromatic N) is 1. The van der Waals surface area contributed by atoms with Crippen LogP contribution in [0.15, 0.2) is 60.7 Å². The Bertz CT molecular complexity index is 3060. The topological polar surface area (TPSA) is 566 Å². The summed E-state index contributed by atoms with van der Waals surface area (Å²) in [5.41, 5.74) is 25.6. The van der Waals surface area contributed by atoms with Crippen LogP contribution in [0.2, 0.25) is 0 Å². The van der Waals surface area contributed by atoms with E-state index < -0.39 is 246 Å². The van der Waals surface area contributed by atoms with Crippen LogP contribution in [0.4, 0.5) is 14.4 Å². The van der Waals surface area contributed by atoms with E-state index in [1.165, 1.54) is 11.9 Å². The Kier molecular flexibility index (Phi) is 30.4. The van der Waals surface area contributed by atoms with Crippen LogP contribution in [0.3, 0.4) is 0 Å². The molecule has 7 aliphatic heterocycles. The number of nitrogens with one attached hydrogen (secondary N) is 4. The van der Waals surface area contributed by atoms with Crippen LogP contribution in [0.25, 0.3) is 0 Å². The molecule has 37 nitrogen and oxygen atoms in total. The third-order valence-corrected chi connectivity index (χ3v) is 20.0. The van der Waals surface area contributed by atoms with Gasteiger partial charge in [-0.3, -0.25) is 9.69 Å². The Morgan fingerprint density at radius 3 is 1.67 bits per heavy atom. The molecule has 41 heteroatoms. The molecule has 9 fully saturated rings. The van der Waals surface area contributed by atoms with Gasteiger partial charge in [0.25, 0.3) is 0 Å². The van der Waals surface area contributed by atoms with E-state index in [2.05, 4.69) is 44.5 Å². The lowest BCUT2D eigenvalue weighted by molar-refractivity contribution is -0.375. The summed E-state index contributed by atoms with van der Waals surface area (Å²) in [6.07, 6.45) is -31.8. The fourth-order valence-corrected chi connectivity index (χ4v) is 14.3. The highest BCUT2D eigenvalue weighted by molar-refractivity contribution is 7.49. The number of ether oxygens (including phenoxy) is 13. The molecule has 4 amide bonds. The SMILES string of the molecule is CC1C[C@@H]2OC(O[C@H]3OC(CO)[C@@H](N)[C@H](O)C3O)C3C(OC(=O)N3C)C2O[C@@H]1O[C@@H]1C(NC(=O)OCc2ccccc2)C[C@@H](NC(=O)OCc2ccccc2)C(O)[C@H]1O.CCCC(=O)N[C@@H]1C(CO)O[C@H](OC2O[C@H]3CC(N)[C@@H](O[C@@H]4C(N)C[C@@H](N)C(O)[C@H]4O)OC3C(O)C2NC)C(O)[C@H]1O.[B]B([B])[B]. The van der Waals surface area contributed by atoms with Gasteiger partial charge >= 0.3 is 18.3 Å². The van der Waals surface area contributed by atoms with Crippen LogP contribution < -0.4 is 44.2 Å². The number of fused-ring (bicyclic) bond motifs is 4. The first kappa shape index (κ1) is 84.0. The van der Waals surface area contributed by atoms with E-state index >= 15 is 0 Å². The molecule has 105 heavy (non-hydrogen) atoms. The number of likely N-dealkylation sites (N-methyl/N-ethyl adjacent to an activating group) is 2. The van der Waals surface area contributed by atoms with Gasteiger partial charge in [-0.05, 0) is 50.3 Å². The largest absolute Gasteiger partial charge is 0.445 e. The molecule has 0 bridgehead atoms. The van der Waals surface area contributed by atoms with Gasteiger partial charge in [0.2, 0.25) is 5.91 Å². The summed E-state index contributed by atoms with van der Waals surface area (Å²) in [7, 11) is 17.0. The van der Waals surface area contributed by atoms with Crippen LogP contribution in [0, 0.1) is 5.92 Å². The molecule has 6 radical (unpaired) electrons. The number of alkyl carbamates (subject to hydrolysis) is 2. The van der Waals surface area contributed by atoms with Crippen molar-refractivity contribution < 1.29 is 137 Å². The first-order chi connectivity index (χ1) is 50.0. The highest BCUT2D eigenvalue weighted by atomic mass is 16.8. The maximum atomic E-state index is 13.2. The molecule has 580 valence electrons. The Labute approximate surface area is 610 Å². The molecule has 0 aromatic heterocycles. The lowest BCUT2D eigenvalue weighted by Gasteiger charge is -2.51. The molecular weight excluding hydrogens is 1390 g/mol. The molecule has 11 rings (SSSR count). The number of carbonyl (C=O) groups excluding carboxylic acids is 4. The minimum Gasteiger partial charge on any atom is -0.445 e. The van der Waals surface area contributed by atoms with E-state index in [0.717, 1.165) is 11.1 Å². The lowest BCUT2D eigenvalue weighted by atomic mass is 9.08. The number of hydrogen-bond acceptors (Lipinski definition) is 33. The van der Waals surface area contributed by atoms with Crippen molar-refractivity contribution in [2.45, 2.75) is 268 Å². The van der Waals surface area contributed by atoms with E-state index in [1.54, 1.807) is 62.5 Å². The van der Waals surface area contributed by atoms with Crippen molar-refractivity contribution in [3.8, 4) is 0 Å². The second kappa shape index (κ2) is 38.0. The molecule has 18 unspecified atom stereocenters. The molecule has 2 aromatic carbocycles. The van der Waals surface area contributed by atoms with Gasteiger partial charge in [0.15, 0.2) is 43.8 Å². The zero-order valence-corrected chi connectivity index (χ0v) is 58.4. The van der Waals surface area contributed by atoms with Crippen molar-refractivity contribution in [1.29, 1.82) is 0 Å². The third kappa shape index (κ3) is 20.3. The molecule has 2 aliphatic carbocycles. The average molecular weight is 1490 g/mol. The van der Waals surface area contributed by atoms with Gasteiger partial charge in [0.1, 0.15) is 105 Å². The minimum atomic E-state index is -1.67. The molecule has 9 aliphatic rings. The summed E-state index contributed by atoms with van der Waals surface area (Å²) >= 11 is 0. The van der Waals surface area contributed by atoms with Crippen molar-refractivity contribution in [3.63, 3.8) is 0 Å². The number of aliphatic hydroxyl groups excluding tert-OH is 11. The smallest absolute Gasteiger partial charge is 0.410 e. The van der Waals surface area contributed by atoms with Gasteiger partial charge < -0.3 is 162 Å². The minimum absolute atomic E-state index is 0.0435. The van der Waals surface area contributed by atoms with Crippen LogP contribution in [0.5, 0.6) is 0 Å². The fourth-order valence-electron chi connectivity index (χ4n) is 14.3. The predicted molar refractivity (Wildman–Crippen MR) is 363 cm³/mol. The summed E-state index contributed by atoms with van der Waals surface area (Å²) in [5.74, 6) is -0.844. The van der Waals surface area contributed by atoms with Gasteiger partial charge in [-0.1, -0.05) is 74.5 Å². The Morgan fingerprint density at radius 1 is 0.543 bits per heavy atom. The highest BCUT2D eigenvalue weighted by Crippen LogP contribution is 2.43. The average Bonchev–Trinajstić information content (AvgIpc) is 1.67. The van der Waals surface area contributed by atoms with Crippen molar-refractivity contribution in [2.24, 2.45) is 28.9 Å². The normalized spacial score (nSPS) is 42.2. The van der Waals surface area contributed by atoms with Crippen LogP contribution in [-0.4, -0.2) is 344 Å². The lowest BCUT2D eigenvalue weighted by Crippen LogP contribution is -2.70. The quantitative estimate of drug-likeness (QED) is 0.0432. The second-order valence-electron chi connectivity index (χ2n) is 27.7. The monoisotopic (exact) mass is 1490 g/mol.